The third-order valence-corrected chi connectivity index (χ3v) is 2.41. The highest BCUT2D eigenvalue weighted by Crippen LogP contribution is 2.25. The molecule has 8 heteroatoms. The smallest absolute Gasteiger partial charge is 0.328 e. The van der Waals surface area contributed by atoms with Crippen LogP contribution in [0.25, 0.3) is 0 Å². The molecule has 0 heterocycles. The third-order valence-electron chi connectivity index (χ3n) is 2.41. The van der Waals surface area contributed by atoms with Crippen LogP contribution in [0.1, 0.15) is 13.8 Å². The van der Waals surface area contributed by atoms with E-state index in [4.69, 9.17) is 9.84 Å². The van der Waals surface area contributed by atoms with Gasteiger partial charge in [-0.2, -0.15) is 0 Å². The van der Waals surface area contributed by atoms with E-state index in [0.717, 1.165) is 0 Å². The van der Waals surface area contributed by atoms with E-state index < -0.39 is 28.9 Å². The number of nitro benzene ring substituents is 1. The van der Waals surface area contributed by atoms with Crippen molar-refractivity contribution >= 4 is 17.6 Å². The average molecular weight is 282 g/mol. The predicted octanol–water partition coefficient (Wildman–Crippen LogP) is 0.953. The largest absolute Gasteiger partial charge is 0.480 e. The van der Waals surface area contributed by atoms with Gasteiger partial charge in [0.1, 0.15) is 5.54 Å². The standard InChI is InChI=1S/C12H14N2O6/c1-12(2,11(16)17)13-10(15)7-20-9-6-4-3-5-8(9)14(18)19/h3-6H,7H2,1-2H3,(H,13,15)(H,16,17). The number of hydrogen-bond acceptors (Lipinski definition) is 5. The van der Waals surface area contributed by atoms with E-state index in [9.17, 15) is 19.7 Å². The molecule has 0 saturated heterocycles. The minimum atomic E-state index is -1.44. The van der Waals surface area contributed by atoms with Crippen molar-refractivity contribution in [2.75, 3.05) is 6.61 Å². The molecule has 0 fully saturated rings. The summed E-state index contributed by atoms with van der Waals surface area (Å²) < 4.78 is 5.04. The Kier molecular flexibility index (Phi) is 4.63. The number of carboxylic acid groups (broad SMARTS) is 1. The predicted molar refractivity (Wildman–Crippen MR) is 68.4 cm³/mol. The van der Waals surface area contributed by atoms with Crippen LogP contribution in [-0.2, 0) is 9.59 Å². The average Bonchev–Trinajstić information content (AvgIpc) is 2.35. The highest BCUT2D eigenvalue weighted by molar-refractivity contribution is 5.86. The van der Waals surface area contributed by atoms with Crippen molar-refractivity contribution in [3.63, 3.8) is 0 Å². The monoisotopic (exact) mass is 282 g/mol. The first-order valence-electron chi connectivity index (χ1n) is 5.64. The van der Waals surface area contributed by atoms with Crippen molar-refractivity contribution in [1.29, 1.82) is 0 Å². The van der Waals surface area contributed by atoms with Crippen LogP contribution < -0.4 is 10.1 Å². The number of hydrogen-bond donors (Lipinski definition) is 2. The maximum Gasteiger partial charge on any atom is 0.328 e. The molecular weight excluding hydrogens is 268 g/mol. The number of benzene rings is 1. The van der Waals surface area contributed by atoms with Crippen LogP contribution in [-0.4, -0.2) is 34.1 Å². The summed E-state index contributed by atoms with van der Waals surface area (Å²) >= 11 is 0. The number of carbonyl (C=O) groups is 2. The molecule has 0 bridgehead atoms. The van der Waals surface area contributed by atoms with Gasteiger partial charge in [0.2, 0.25) is 0 Å². The fourth-order valence-corrected chi connectivity index (χ4v) is 1.31. The van der Waals surface area contributed by atoms with E-state index in [2.05, 4.69) is 5.32 Å². The molecule has 108 valence electrons. The lowest BCUT2D eigenvalue weighted by molar-refractivity contribution is -0.385. The van der Waals surface area contributed by atoms with E-state index in [1.807, 2.05) is 0 Å². The number of para-hydroxylation sites is 2. The highest BCUT2D eigenvalue weighted by Gasteiger charge is 2.29. The Labute approximate surface area is 114 Å². The Balaban J connectivity index is 2.67. The number of aliphatic carboxylic acids is 1. The van der Waals surface area contributed by atoms with Gasteiger partial charge < -0.3 is 15.2 Å². The van der Waals surface area contributed by atoms with Gasteiger partial charge in [-0.05, 0) is 19.9 Å². The second kappa shape index (κ2) is 6.00. The van der Waals surface area contributed by atoms with Crippen LogP contribution >= 0.6 is 0 Å². The number of carboxylic acids is 1. The molecule has 1 aromatic carbocycles. The lowest BCUT2D eigenvalue weighted by Crippen LogP contribution is -2.51. The van der Waals surface area contributed by atoms with E-state index in [-0.39, 0.29) is 11.4 Å². The molecule has 0 atom stereocenters. The second-order valence-electron chi connectivity index (χ2n) is 4.49. The second-order valence-corrected chi connectivity index (χ2v) is 4.49. The zero-order valence-corrected chi connectivity index (χ0v) is 11.0. The summed E-state index contributed by atoms with van der Waals surface area (Å²) in [7, 11) is 0. The van der Waals surface area contributed by atoms with Crippen molar-refractivity contribution in [1.82, 2.24) is 5.32 Å². The lowest BCUT2D eigenvalue weighted by atomic mass is 10.1. The molecule has 0 aliphatic rings. The van der Waals surface area contributed by atoms with E-state index in [1.165, 1.54) is 38.1 Å². The first-order chi connectivity index (χ1) is 9.24. The maximum absolute atomic E-state index is 11.5. The molecule has 0 saturated carbocycles. The van der Waals surface area contributed by atoms with E-state index in [1.54, 1.807) is 0 Å². The quantitative estimate of drug-likeness (QED) is 0.592. The fraction of sp³-hybridized carbons (Fsp3) is 0.333. The molecule has 1 rings (SSSR count). The normalized spacial score (nSPS) is 10.7. The fourth-order valence-electron chi connectivity index (χ4n) is 1.31. The van der Waals surface area contributed by atoms with Gasteiger partial charge in [-0.3, -0.25) is 14.9 Å². The van der Waals surface area contributed by atoms with Crippen molar-refractivity contribution in [2.24, 2.45) is 0 Å². The van der Waals surface area contributed by atoms with Crippen molar-refractivity contribution in [3.8, 4) is 5.75 Å². The van der Waals surface area contributed by atoms with Gasteiger partial charge in [-0.1, -0.05) is 12.1 Å². The molecule has 0 unspecified atom stereocenters. The summed E-state index contributed by atoms with van der Waals surface area (Å²) in [6.45, 7) is 2.12. The molecule has 20 heavy (non-hydrogen) atoms. The lowest BCUT2D eigenvalue weighted by Gasteiger charge is -2.20. The number of rotatable bonds is 6. The highest BCUT2D eigenvalue weighted by atomic mass is 16.6. The van der Waals surface area contributed by atoms with Gasteiger partial charge in [0.15, 0.2) is 12.4 Å². The summed E-state index contributed by atoms with van der Waals surface area (Å²) in [6.07, 6.45) is 0. The van der Waals surface area contributed by atoms with Crippen molar-refractivity contribution in [3.05, 3.63) is 34.4 Å². The topological polar surface area (TPSA) is 119 Å². The zero-order chi connectivity index (χ0) is 15.3. The molecule has 1 amide bonds. The molecule has 0 radical (unpaired) electrons. The Morgan fingerprint density at radius 2 is 2.00 bits per heavy atom. The number of nitrogens with zero attached hydrogens (tertiary/aromatic N) is 1. The minimum Gasteiger partial charge on any atom is -0.480 e. The molecule has 2 N–H and O–H groups in total. The Morgan fingerprint density at radius 1 is 1.40 bits per heavy atom. The molecule has 0 aliphatic heterocycles. The first-order valence-corrected chi connectivity index (χ1v) is 5.64. The number of nitrogens with one attached hydrogen (secondary N) is 1. The van der Waals surface area contributed by atoms with E-state index >= 15 is 0 Å². The van der Waals surface area contributed by atoms with Gasteiger partial charge in [-0.25, -0.2) is 4.79 Å². The minimum absolute atomic E-state index is 0.0548. The Bertz CT molecular complexity index is 541. The zero-order valence-electron chi connectivity index (χ0n) is 11.0. The summed E-state index contributed by atoms with van der Waals surface area (Å²) in [6, 6.07) is 5.60. The first kappa shape index (κ1) is 15.4. The van der Waals surface area contributed by atoms with Gasteiger partial charge >= 0.3 is 11.7 Å². The van der Waals surface area contributed by atoms with Gasteiger partial charge in [0.25, 0.3) is 5.91 Å². The number of ether oxygens (including phenoxy) is 1. The molecule has 8 nitrogen and oxygen atoms in total. The number of nitro groups is 1. The third kappa shape index (κ3) is 3.94. The van der Waals surface area contributed by atoms with E-state index in [0.29, 0.717) is 0 Å². The SMILES string of the molecule is CC(C)(NC(=O)COc1ccccc1[N+](=O)[O-])C(=O)O. The molecule has 0 spiro atoms. The van der Waals surface area contributed by atoms with Crippen LogP contribution in [0.4, 0.5) is 5.69 Å². The van der Waals surface area contributed by atoms with Crippen LogP contribution in [0, 0.1) is 10.1 Å². The molecule has 1 aromatic rings. The molecular formula is C12H14N2O6. The van der Waals surface area contributed by atoms with Crippen LogP contribution in [0.5, 0.6) is 5.75 Å². The van der Waals surface area contributed by atoms with Gasteiger partial charge in [0.05, 0.1) is 4.92 Å². The van der Waals surface area contributed by atoms with Crippen molar-refractivity contribution in [2.45, 2.75) is 19.4 Å². The van der Waals surface area contributed by atoms with Crippen molar-refractivity contribution < 1.29 is 24.4 Å². The maximum atomic E-state index is 11.5. The number of amides is 1. The van der Waals surface area contributed by atoms with Crippen LogP contribution in [0.3, 0.4) is 0 Å². The van der Waals surface area contributed by atoms with Gasteiger partial charge in [0, 0.05) is 6.07 Å². The van der Waals surface area contributed by atoms with Crippen LogP contribution in [0.15, 0.2) is 24.3 Å². The molecule has 0 aliphatic carbocycles. The summed E-state index contributed by atoms with van der Waals surface area (Å²) in [5.74, 6) is -1.94. The van der Waals surface area contributed by atoms with Gasteiger partial charge in [-0.15, -0.1) is 0 Å². The summed E-state index contributed by atoms with van der Waals surface area (Å²) in [4.78, 5) is 32.5. The Hall–Kier alpha value is -2.64. The summed E-state index contributed by atoms with van der Waals surface area (Å²) in [5.41, 5.74) is -1.71. The summed E-state index contributed by atoms with van der Waals surface area (Å²) in [5, 5.41) is 21.8. The molecule has 0 aromatic heterocycles. The number of carbonyl (C=O) groups excluding carboxylic acids is 1. The Morgan fingerprint density at radius 3 is 2.55 bits per heavy atom. The van der Waals surface area contributed by atoms with Crippen LogP contribution in [0.2, 0.25) is 0 Å².